The number of carboxylic acid groups (broad SMARTS) is 2. The van der Waals surface area contributed by atoms with E-state index in [1.807, 2.05) is 6.07 Å². The SMILES string of the molecule is CC(N)(CC(=O)O)C(=O)O.Oc1ccccc1. The summed E-state index contributed by atoms with van der Waals surface area (Å²) in [5.41, 5.74) is 3.42. The summed E-state index contributed by atoms with van der Waals surface area (Å²) in [6.07, 6.45) is -0.567. The van der Waals surface area contributed by atoms with Gasteiger partial charge >= 0.3 is 11.9 Å². The minimum absolute atomic E-state index is 0.322. The van der Waals surface area contributed by atoms with E-state index in [4.69, 9.17) is 21.1 Å². The topological polar surface area (TPSA) is 121 Å². The Bertz CT molecular complexity index is 375. The summed E-state index contributed by atoms with van der Waals surface area (Å²) in [7, 11) is 0. The molecule has 6 heteroatoms. The third kappa shape index (κ3) is 6.91. The van der Waals surface area contributed by atoms with Crippen LogP contribution in [0, 0.1) is 0 Å². The van der Waals surface area contributed by atoms with Gasteiger partial charge in [0.1, 0.15) is 11.3 Å². The third-order valence-corrected chi connectivity index (χ3v) is 1.76. The number of phenolic OH excluding ortho intramolecular Hbond substituents is 1. The lowest BCUT2D eigenvalue weighted by atomic mass is 10.0. The molecular weight excluding hydrogens is 226 g/mol. The fourth-order valence-electron chi connectivity index (χ4n) is 0.818. The molecule has 0 bridgehead atoms. The number of phenols is 1. The van der Waals surface area contributed by atoms with Crippen LogP contribution in [0.3, 0.4) is 0 Å². The van der Waals surface area contributed by atoms with Crippen molar-refractivity contribution in [2.24, 2.45) is 5.73 Å². The smallest absolute Gasteiger partial charge is 0.323 e. The predicted molar refractivity (Wildman–Crippen MR) is 60.6 cm³/mol. The molecule has 0 saturated carbocycles. The highest BCUT2D eigenvalue weighted by molar-refractivity contribution is 5.84. The Labute approximate surface area is 98.3 Å². The van der Waals surface area contributed by atoms with E-state index in [0.717, 1.165) is 6.92 Å². The summed E-state index contributed by atoms with van der Waals surface area (Å²) in [5, 5.41) is 25.1. The first-order valence-corrected chi connectivity index (χ1v) is 4.74. The minimum atomic E-state index is -1.66. The number of aliphatic carboxylic acids is 2. The van der Waals surface area contributed by atoms with E-state index in [1.165, 1.54) is 0 Å². The molecule has 5 N–H and O–H groups in total. The van der Waals surface area contributed by atoms with E-state index in [9.17, 15) is 9.59 Å². The van der Waals surface area contributed by atoms with Crippen molar-refractivity contribution in [2.75, 3.05) is 0 Å². The van der Waals surface area contributed by atoms with Crippen molar-refractivity contribution >= 4 is 11.9 Å². The van der Waals surface area contributed by atoms with E-state index >= 15 is 0 Å². The molecule has 0 spiro atoms. The second-order valence-corrected chi connectivity index (χ2v) is 3.63. The second kappa shape index (κ2) is 6.49. The van der Waals surface area contributed by atoms with Crippen LogP contribution in [0.15, 0.2) is 30.3 Å². The van der Waals surface area contributed by atoms with E-state index in [0.29, 0.717) is 5.75 Å². The van der Waals surface area contributed by atoms with Crippen LogP contribution in [0.25, 0.3) is 0 Å². The largest absolute Gasteiger partial charge is 0.508 e. The number of nitrogens with two attached hydrogens (primary N) is 1. The van der Waals surface area contributed by atoms with Crippen molar-refractivity contribution < 1.29 is 24.9 Å². The zero-order chi connectivity index (χ0) is 13.5. The highest BCUT2D eigenvalue weighted by Gasteiger charge is 2.30. The molecule has 1 atom stereocenters. The molecule has 1 unspecified atom stereocenters. The van der Waals surface area contributed by atoms with Gasteiger partial charge in [-0.15, -0.1) is 0 Å². The Morgan fingerprint density at radius 2 is 1.71 bits per heavy atom. The van der Waals surface area contributed by atoms with Crippen LogP contribution >= 0.6 is 0 Å². The Morgan fingerprint density at radius 1 is 1.24 bits per heavy atom. The quantitative estimate of drug-likeness (QED) is 0.616. The molecule has 1 aromatic carbocycles. The lowest BCUT2D eigenvalue weighted by Crippen LogP contribution is -2.46. The molecule has 0 fully saturated rings. The van der Waals surface area contributed by atoms with Crippen LogP contribution in [-0.2, 0) is 9.59 Å². The van der Waals surface area contributed by atoms with Crippen molar-refractivity contribution in [1.82, 2.24) is 0 Å². The molecule has 0 heterocycles. The van der Waals surface area contributed by atoms with Gasteiger partial charge in [0.05, 0.1) is 6.42 Å². The minimum Gasteiger partial charge on any atom is -0.508 e. The number of aromatic hydroxyl groups is 1. The van der Waals surface area contributed by atoms with E-state index in [-0.39, 0.29) is 0 Å². The summed E-state index contributed by atoms with van der Waals surface area (Å²) < 4.78 is 0. The van der Waals surface area contributed by atoms with Gasteiger partial charge in [0.25, 0.3) is 0 Å². The first-order valence-electron chi connectivity index (χ1n) is 4.74. The Balaban J connectivity index is 0.000000318. The molecule has 0 amide bonds. The maximum Gasteiger partial charge on any atom is 0.323 e. The Kier molecular flexibility index (Phi) is 5.70. The van der Waals surface area contributed by atoms with Crippen LogP contribution in [0.4, 0.5) is 0 Å². The van der Waals surface area contributed by atoms with E-state index in [1.54, 1.807) is 24.3 Å². The first kappa shape index (κ1) is 14.9. The fourth-order valence-corrected chi connectivity index (χ4v) is 0.818. The molecule has 6 nitrogen and oxygen atoms in total. The van der Waals surface area contributed by atoms with E-state index in [2.05, 4.69) is 0 Å². The van der Waals surface area contributed by atoms with Crippen LogP contribution < -0.4 is 5.73 Å². The first-order chi connectivity index (χ1) is 7.75. The van der Waals surface area contributed by atoms with Gasteiger partial charge in [-0.3, -0.25) is 9.59 Å². The number of hydrogen-bond donors (Lipinski definition) is 4. The molecule has 1 rings (SSSR count). The predicted octanol–water partition coefficient (Wildman–Crippen LogP) is 0.655. The second-order valence-electron chi connectivity index (χ2n) is 3.63. The number of benzene rings is 1. The summed E-state index contributed by atoms with van der Waals surface area (Å²) in [4.78, 5) is 20.1. The number of carbonyl (C=O) groups is 2. The summed E-state index contributed by atoms with van der Waals surface area (Å²) in [5.74, 6) is -2.20. The van der Waals surface area contributed by atoms with Gasteiger partial charge < -0.3 is 21.1 Å². The highest BCUT2D eigenvalue weighted by Crippen LogP contribution is 2.04. The maximum absolute atomic E-state index is 10.2. The van der Waals surface area contributed by atoms with Gasteiger partial charge in [0, 0.05) is 0 Å². The van der Waals surface area contributed by atoms with Crippen molar-refractivity contribution in [3.8, 4) is 5.75 Å². The molecule has 1 aromatic rings. The fraction of sp³-hybridized carbons (Fsp3) is 0.273. The Hall–Kier alpha value is -2.08. The molecular formula is C11H15NO5. The number of para-hydroxylation sites is 1. The van der Waals surface area contributed by atoms with Crippen LogP contribution in [0.1, 0.15) is 13.3 Å². The molecule has 0 aliphatic rings. The van der Waals surface area contributed by atoms with Gasteiger partial charge in [0.2, 0.25) is 0 Å². The van der Waals surface area contributed by atoms with Gasteiger partial charge in [0.15, 0.2) is 0 Å². The molecule has 0 radical (unpaired) electrons. The standard InChI is InChI=1S/C6H6O.C5H9NO4/c7-6-4-2-1-3-5-6;1-5(6,4(9)10)2-3(7)8/h1-5,7H;2,6H2,1H3,(H,7,8)(H,9,10). The number of carboxylic acids is 2. The Morgan fingerprint density at radius 3 is 1.88 bits per heavy atom. The average molecular weight is 241 g/mol. The zero-order valence-corrected chi connectivity index (χ0v) is 9.33. The zero-order valence-electron chi connectivity index (χ0n) is 9.33. The molecule has 94 valence electrons. The molecule has 17 heavy (non-hydrogen) atoms. The number of rotatable bonds is 3. The van der Waals surface area contributed by atoms with Crippen LogP contribution in [-0.4, -0.2) is 32.8 Å². The lowest BCUT2D eigenvalue weighted by molar-refractivity contribution is -0.149. The maximum atomic E-state index is 10.2. The number of hydrogen-bond acceptors (Lipinski definition) is 4. The van der Waals surface area contributed by atoms with Gasteiger partial charge in [-0.05, 0) is 19.1 Å². The van der Waals surface area contributed by atoms with Gasteiger partial charge in [-0.2, -0.15) is 0 Å². The van der Waals surface area contributed by atoms with Crippen molar-refractivity contribution in [2.45, 2.75) is 18.9 Å². The van der Waals surface area contributed by atoms with Gasteiger partial charge in [-0.25, -0.2) is 0 Å². The lowest BCUT2D eigenvalue weighted by Gasteiger charge is -2.15. The molecule has 0 aromatic heterocycles. The van der Waals surface area contributed by atoms with Crippen LogP contribution in [0.2, 0.25) is 0 Å². The summed E-state index contributed by atoms with van der Waals surface area (Å²) in [6, 6.07) is 8.71. The van der Waals surface area contributed by atoms with Crippen molar-refractivity contribution in [1.29, 1.82) is 0 Å². The third-order valence-electron chi connectivity index (χ3n) is 1.76. The van der Waals surface area contributed by atoms with Crippen molar-refractivity contribution in [3.63, 3.8) is 0 Å². The highest BCUT2D eigenvalue weighted by atomic mass is 16.4. The van der Waals surface area contributed by atoms with Crippen molar-refractivity contribution in [3.05, 3.63) is 30.3 Å². The van der Waals surface area contributed by atoms with E-state index < -0.39 is 23.9 Å². The monoisotopic (exact) mass is 241 g/mol. The molecule has 0 saturated heterocycles. The van der Waals surface area contributed by atoms with Crippen LogP contribution in [0.5, 0.6) is 5.75 Å². The molecule has 0 aliphatic carbocycles. The van der Waals surface area contributed by atoms with Gasteiger partial charge in [-0.1, -0.05) is 18.2 Å². The normalized spacial score (nSPS) is 12.8. The summed E-state index contributed by atoms with van der Waals surface area (Å²) in [6.45, 7) is 1.16. The molecule has 0 aliphatic heterocycles. The average Bonchev–Trinajstić information content (AvgIpc) is 2.17. The summed E-state index contributed by atoms with van der Waals surface area (Å²) >= 11 is 0.